The summed E-state index contributed by atoms with van der Waals surface area (Å²) >= 11 is 0. The average molecular weight is 465 g/mol. The van der Waals surface area contributed by atoms with E-state index in [1.54, 1.807) is 24.3 Å². The van der Waals surface area contributed by atoms with Crippen molar-refractivity contribution in [3.63, 3.8) is 0 Å². The second-order valence-electron chi connectivity index (χ2n) is 7.68. The van der Waals surface area contributed by atoms with Gasteiger partial charge in [-0.25, -0.2) is 18.5 Å². The van der Waals surface area contributed by atoms with Gasteiger partial charge in [0, 0.05) is 12.2 Å². The van der Waals surface area contributed by atoms with Crippen molar-refractivity contribution in [1.82, 2.24) is 4.90 Å². The van der Waals surface area contributed by atoms with Crippen molar-refractivity contribution in [2.24, 2.45) is 0 Å². The van der Waals surface area contributed by atoms with Gasteiger partial charge in [-0.2, -0.15) is 0 Å². The third-order valence-electron chi connectivity index (χ3n) is 5.42. The van der Waals surface area contributed by atoms with Gasteiger partial charge in [-0.15, -0.1) is 0 Å². The van der Waals surface area contributed by atoms with Crippen LogP contribution in [0.1, 0.15) is 12.0 Å². The molecule has 0 saturated carbocycles. The van der Waals surface area contributed by atoms with Crippen molar-refractivity contribution in [3.05, 3.63) is 90.0 Å². The summed E-state index contributed by atoms with van der Waals surface area (Å²) in [5, 5.41) is 2.61. The monoisotopic (exact) mass is 465 g/mol. The number of urea groups is 1. The number of nitrogens with zero attached hydrogens (tertiary/aromatic N) is 2. The Labute approximate surface area is 194 Å². The van der Waals surface area contributed by atoms with Gasteiger partial charge in [-0.1, -0.05) is 12.1 Å². The molecule has 1 fully saturated rings. The molecule has 0 radical (unpaired) electrons. The number of benzene rings is 3. The highest BCUT2D eigenvalue weighted by molar-refractivity contribution is 6.22. The second-order valence-corrected chi connectivity index (χ2v) is 7.68. The molecule has 3 aromatic carbocycles. The molecule has 0 bridgehead atoms. The van der Waals surface area contributed by atoms with Crippen molar-refractivity contribution in [2.45, 2.75) is 19.0 Å². The third-order valence-corrected chi connectivity index (χ3v) is 5.42. The lowest BCUT2D eigenvalue weighted by atomic mass is 10.1. The van der Waals surface area contributed by atoms with E-state index in [0.717, 1.165) is 22.6 Å². The quantitative estimate of drug-likeness (QED) is 0.527. The Morgan fingerprint density at radius 3 is 2.09 bits per heavy atom. The van der Waals surface area contributed by atoms with Gasteiger partial charge in [0.2, 0.25) is 5.91 Å². The summed E-state index contributed by atoms with van der Waals surface area (Å²) < 4.78 is 31.7. The molecular weight excluding hydrogens is 444 g/mol. The summed E-state index contributed by atoms with van der Waals surface area (Å²) in [6.07, 6.45) is -0.310. The van der Waals surface area contributed by atoms with E-state index in [9.17, 15) is 23.2 Å². The molecule has 9 heteroatoms. The van der Waals surface area contributed by atoms with Crippen LogP contribution in [0, 0.1) is 11.6 Å². The van der Waals surface area contributed by atoms with Crippen molar-refractivity contribution in [2.75, 3.05) is 17.3 Å². The molecule has 0 unspecified atom stereocenters. The van der Waals surface area contributed by atoms with Crippen LogP contribution < -0.4 is 15.0 Å². The van der Waals surface area contributed by atoms with Crippen LogP contribution in [0.25, 0.3) is 0 Å². The lowest BCUT2D eigenvalue weighted by Gasteiger charge is -2.22. The minimum atomic E-state index is -1.08. The molecule has 1 saturated heterocycles. The average Bonchev–Trinajstić information content (AvgIpc) is 3.05. The zero-order chi connectivity index (χ0) is 24.2. The molecule has 174 valence electrons. The van der Waals surface area contributed by atoms with Crippen molar-refractivity contribution in [1.29, 1.82) is 0 Å². The minimum absolute atomic E-state index is 0.0702. The van der Waals surface area contributed by atoms with E-state index in [-0.39, 0.29) is 18.7 Å². The number of halogens is 2. The van der Waals surface area contributed by atoms with Gasteiger partial charge < -0.3 is 15.0 Å². The molecule has 3 aromatic rings. The predicted octanol–water partition coefficient (Wildman–Crippen LogP) is 4.34. The van der Waals surface area contributed by atoms with Crippen LogP contribution in [0.15, 0.2) is 72.8 Å². The maximum Gasteiger partial charge on any atom is 0.332 e. The molecule has 1 atom stereocenters. The molecule has 7 nitrogen and oxygen atoms in total. The van der Waals surface area contributed by atoms with Gasteiger partial charge in [0.05, 0.1) is 19.2 Å². The third kappa shape index (κ3) is 4.88. The van der Waals surface area contributed by atoms with Crippen LogP contribution in [-0.2, 0) is 16.1 Å². The highest BCUT2D eigenvalue weighted by Crippen LogP contribution is 2.29. The minimum Gasteiger partial charge on any atom is -0.497 e. The molecule has 0 spiro atoms. The van der Waals surface area contributed by atoms with E-state index in [2.05, 4.69) is 5.32 Å². The second kappa shape index (κ2) is 9.70. The highest BCUT2D eigenvalue weighted by Gasteiger charge is 2.46. The normalized spacial score (nSPS) is 15.6. The molecule has 4 amide bonds. The van der Waals surface area contributed by atoms with Crippen LogP contribution in [0.3, 0.4) is 0 Å². The standard InChI is InChI=1S/C25H21F2N3O4/c1-34-21-12-2-16(3-13-21)15-29-22(14-23(31)28-19-8-4-17(26)5-9-19)24(32)30(25(29)33)20-10-6-18(27)7-11-20/h2-13,22H,14-15H2,1H3,(H,28,31)/t22-/m0/s1. The van der Waals surface area contributed by atoms with Gasteiger partial charge in [-0.05, 0) is 66.2 Å². The first kappa shape index (κ1) is 22.9. The number of imide groups is 1. The van der Waals surface area contributed by atoms with Crippen LogP contribution in [0.5, 0.6) is 5.75 Å². The number of amides is 4. The maximum atomic E-state index is 13.4. The Hall–Kier alpha value is -4.27. The van der Waals surface area contributed by atoms with Crippen molar-refractivity contribution < 1.29 is 27.9 Å². The highest BCUT2D eigenvalue weighted by atomic mass is 19.1. The summed E-state index contributed by atoms with van der Waals surface area (Å²) in [5.41, 5.74) is 1.30. The topological polar surface area (TPSA) is 79.0 Å². The van der Waals surface area contributed by atoms with Gasteiger partial charge in [0.1, 0.15) is 23.4 Å². The summed E-state index contributed by atoms with van der Waals surface area (Å²) in [5.74, 6) is -1.43. The molecule has 1 aliphatic heterocycles. The number of hydrogen-bond acceptors (Lipinski definition) is 4. The largest absolute Gasteiger partial charge is 0.497 e. The number of ether oxygens (including phenoxy) is 1. The lowest BCUT2D eigenvalue weighted by Crippen LogP contribution is -2.37. The lowest BCUT2D eigenvalue weighted by molar-refractivity contribution is -0.124. The molecule has 4 rings (SSSR count). The van der Waals surface area contributed by atoms with Gasteiger partial charge in [-0.3, -0.25) is 9.59 Å². The number of nitrogens with one attached hydrogen (secondary N) is 1. The molecule has 34 heavy (non-hydrogen) atoms. The van der Waals surface area contributed by atoms with Crippen LogP contribution in [0.2, 0.25) is 0 Å². The molecule has 1 N–H and O–H groups in total. The fourth-order valence-corrected chi connectivity index (χ4v) is 3.69. The van der Waals surface area contributed by atoms with Crippen molar-refractivity contribution >= 4 is 29.2 Å². The van der Waals surface area contributed by atoms with Crippen LogP contribution >= 0.6 is 0 Å². The predicted molar refractivity (Wildman–Crippen MR) is 121 cm³/mol. The zero-order valence-corrected chi connectivity index (χ0v) is 18.2. The molecule has 0 aliphatic carbocycles. The number of hydrogen-bond donors (Lipinski definition) is 1. The summed E-state index contributed by atoms with van der Waals surface area (Å²) in [6.45, 7) is 0.0702. The van der Waals surface area contributed by atoms with Crippen LogP contribution in [0.4, 0.5) is 25.0 Å². The molecule has 1 aliphatic rings. The number of methoxy groups -OCH3 is 1. The van der Waals surface area contributed by atoms with Crippen LogP contribution in [-0.4, -0.2) is 35.9 Å². The Morgan fingerprint density at radius 2 is 1.50 bits per heavy atom. The number of carbonyl (C=O) groups excluding carboxylic acids is 3. The molecule has 1 heterocycles. The Balaban J connectivity index is 1.59. The number of carbonyl (C=O) groups is 3. The SMILES string of the molecule is COc1ccc(CN2C(=O)N(c3ccc(F)cc3)C(=O)[C@@H]2CC(=O)Nc2ccc(F)cc2)cc1. The maximum absolute atomic E-state index is 13.4. The number of anilines is 2. The fourth-order valence-electron chi connectivity index (χ4n) is 3.69. The van der Waals surface area contributed by atoms with E-state index in [0.29, 0.717) is 11.4 Å². The number of rotatable bonds is 7. The Kier molecular flexibility index (Phi) is 6.53. The van der Waals surface area contributed by atoms with Crippen molar-refractivity contribution in [3.8, 4) is 5.75 Å². The first-order chi connectivity index (χ1) is 16.4. The van der Waals surface area contributed by atoms with Gasteiger partial charge in [0.25, 0.3) is 5.91 Å². The van der Waals surface area contributed by atoms with E-state index in [1.807, 2.05) is 0 Å². The Bertz CT molecular complexity index is 1200. The van der Waals surface area contributed by atoms with E-state index in [4.69, 9.17) is 4.74 Å². The summed E-state index contributed by atoms with van der Waals surface area (Å²) in [7, 11) is 1.54. The zero-order valence-electron chi connectivity index (χ0n) is 18.2. The van der Waals surface area contributed by atoms with E-state index >= 15 is 0 Å². The summed E-state index contributed by atoms with van der Waals surface area (Å²) in [6, 6.07) is 15.4. The van der Waals surface area contributed by atoms with E-state index < -0.39 is 35.5 Å². The van der Waals surface area contributed by atoms with Gasteiger partial charge >= 0.3 is 6.03 Å². The van der Waals surface area contributed by atoms with E-state index in [1.165, 1.54) is 48.4 Å². The molecular formula is C25H21F2N3O4. The first-order valence-corrected chi connectivity index (χ1v) is 10.4. The Morgan fingerprint density at radius 1 is 0.912 bits per heavy atom. The molecule has 0 aromatic heterocycles. The van der Waals surface area contributed by atoms with Gasteiger partial charge in [0.15, 0.2) is 0 Å². The smallest absolute Gasteiger partial charge is 0.332 e. The summed E-state index contributed by atoms with van der Waals surface area (Å²) in [4.78, 5) is 41.5. The first-order valence-electron chi connectivity index (χ1n) is 10.4. The fraction of sp³-hybridized carbons (Fsp3) is 0.160.